The van der Waals surface area contributed by atoms with Gasteiger partial charge in [-0.05, 0) is 29.8 Å². The number of H-pyrrole nitrogens is 1. The Kier molecular flexibility index (Phi) is 4.30. The highest BCUT2D eigenvalue weighted by molar-refractivity contribution is 9.10. The molecule has 1 N–H and O–H groups in total. The van der Waals surface area contributed by atoms with Crippen molar-refractivity contribution < 1.29 is 4.74 Å². The van der Waals surface area contributed by atoms with Crippen molar-refractivity contribution in [2.24, 2.45) is 0 Å². The fourth-order valence-electron chi connectivity index (χ4n) is 2.77. The maximum atomic E-state index is 12.6. The molecule has 4 aromatic rings. The summed E-state index contributed by atoms with van der Waals surface area (Å²) in [6, 6.07) is 15.3. The summed E-state index contributed by atoms with van der Waals surface area (Å²) in [4.78, 5) is 20.0. The predicted molar refractivity (Wildman–Crippen MR) is 103 cm³/mol. The standard InChI is InChI=1S/C19H15BrN4O2/c1-26-15-8-2-12(3-9-15)11-24-17-16(10-21-24)22-18(23-19(17)25)13-4-6-14(20)7-5-13/h2-10H,11H2,1H3,(H,22,23,25). The van der Waals surface area contributed by atoms with Crippen LogP contribution >= 0.6 is 15.9 Å². The van der Waals surface area contributed by atoms with Gasteiger partial charge >= 0.3 is 0 Å². The predicted octanol–water partition coefficient (Wildman–Crippen LogP) is 3.61. The molecule has 0 spiro atoms. The molecular formula is C19H15BrN4O2. The van der Waals surface area contributed by atoms with Crippen LogP contribution in [0.5, 0.6) is 5.75 Å². The number of nitrogens with one attached hydrogen (secondary N) is 1. The molecule has 2 aromatic carbocycles. The number of nitrogens with zero attached hydrogens (tertiary/aromatic N) is 3. The van der Waals surface area contributed by atoms with Crippen molar-refractivity contribution in [2.75, 3.05) is 7.11 Å². The lowest BCUT2D eigenvalue weighted by molar-refractivity contribution is 0.414. The summed E-state index contributed by atoms with van der Waals surface area (Å²) in [5.41, 5.74) is 2.68. The third-order valence-corrected chi connectivity index (χ3v) is 4.64. The molecule has 0 radical (unpaired) electrons. The molecule has 2 heterocycles. The van der Waals surface area contributed by atoms with Gasteiger partial charge in [0.1, 0.15) is 17.1 Å². The first-order chi connectivity index (χ1) is 12.6. The zero-order valence-corrected chi connectivity index (χ0v) is 15.5. The van der Waals surface area contributed by atoms with Crippen molar-refractivity contribution in [3.05, 3.63) is 75.1 Å². The number of aromatic amines is 1. The number of methoxy groups -OCH3 is 1. The Morgan fingerprint density at radius 2 is 1.85 bits per heavy atom. The van der Waals surface area contributed by atoms with E-state index in [9.17, 15) is 4.79 Å². The number of hydrogen-bond donors (Lipinski definition) is 1. The van der Waals surface area contributed by atoms with Crippen LogP contribution in [0.2, 0.25) is 0 Å². The Morgan fingerprint density at radius 3 is 2.54 bits per heavy atom. The second-order valence-corrected chi connectivity index (χ2v) is 6.72. The first-order valence-corrected chi connectivity index (χ1v) is 8.78. The molecule has 0 saturated heterocycles. The summed E-state index contributed by atoms with van der Waals surface area (Å²) in [7, 11) is 1.63. The van der Waals surface area contributed by atoms with Crippen LogP contribution in [0.25, 0.3) is 22.4 Å². The summed E-state index contributed by atoms with van der Waals surface area (Å²) < 4.78 is 7.80. The summed E-state index contributed by atoms with van der Waals surface area (Å²) in [5.74, 6) is 1.32. The number of aromatic nitrogens is 4. The number of ether oxygens (including phenoxy) is 1. The van der Waals surface area contributed by atoms with Gasteiger partial charge in [-0.25, -0.2) is 4.98 Å². The quantitative estimate of drug-likeness (QED) is 0.557. The fraction of sp³-hybridized carbons (Fsp3) is 0.105. The Morgan fingerprint density at radius 1 is 1.12 bits per heavy atom. The smallest absolute Gasteiger partial charge is 0.277 e. The molecule has 0 saturated carbocycles. The van der Waals surface area contributed by atoms with E-state index in [1.165, 1.54) is 0 Å². The molecule has 2 aromatic heterocycles. The zero-order chi connectivity index (χ0) is 18.1. The lowest BCUT2D eigenvalue weighted by atomic mass is 10.2. The second kappa shape index (κ2) is 6.76. The normalized spacial score (nSPS) is 11.0. The highest BCUT2D eigenvalue weighted by Crippen LogP contribution is 2.20. The minimum Gasteiger partial charge on any atom is -0.497 e. The second-order valence-electron chi connectivity index (χ2n) is 5.81. The van der Waals surface area contributed by atoms with Crippen LogP contribution in [0, 0.1) is 0 Å². The van der Waals surface area contributed by atoms with Gasteiger partial charge in [0.15, 0.2) is 5.52 Å². The average Bonchev–Trinajstić information content (AvgIpc) is 3.06. The fourth-order valence-corrected chi connectivity index (χ4v) is 3.04. The van der Waals surface area contributed by atoms with Gasteiger partial charge in [-0.3, -0.25) is 9.48 Å². The zero-order valence-electron chi connectivity index (χ0n) is 13.9. The van der Waals surface area contributed by atoms with Gasteiger partial charge in [0, 0.05) is 10.0 Å². The molecule has 7 heteroatoms. The lowest BCUT2D eigenvalue weighted by Gasteiger charge is -2.06. The molecule has 0 aliphatic rings. The molecule has 0 aliphatic heterocycles. The van der Waals surface area contributed by atoms with E-state index in [4.69, 9.17) is 4.74 Å². The van der Waals surface area contributed by atoms with E-state index in [0.717, 1.165) is 21.3 Å². The molecule has 0 amide bonds. The monoisotopic (exact) mass is 410 g/mol. The van der Waals surface area contributed by atoms with E-state index >= 15 is 0 Å². The van der Waals surface area contributed by atoms with Crippen molar-refractivity contribution in [1.29, 1.82) is 0 Å². The molecule has 4 rings (SSSR count). The summed E-state index contributed by atoms with van der Waals surface area (Å²) in [6.45, 7) is 0.482. The Bertz CT molecular complexity index is 1120. The molecule has 0 bridgehead atoms. The van der Waals surface area contributed by atoms with Crippen LogP contribution in [-0.4, -0.2) is 26.9 Å². The van der Waals surface area contributed by atoms with Crippen molar-refractivity contribution >= 4 is 27.0 Å². The van der Waals surface area contributed by atoms with Crippen molar-refractivity contribution in [1.82, 2.24) is 19.7 Å². The van der Waals surface area contributed by atoms with Crippen LogP contribution in [0.3, 0.4) is 0 Å². The number of fused-ring (bicyclic) bond motifs is 1. The Balaban J connectivity index is 1.71. The van der Waals surface area contributed by atoms with E-state index in [1.54, 1.807) is 18.0 Å². The third kappa shape index (κ3) is 3.13. The van der Waals surface area contributed by atoms with Gasteiger partial charge in [-0.15, -0.1) is 0 Å². The van der Waals surface area contributed by atoms with Gasteiger partial charge in [0.25, 0.3) is 5.56 Å². The average molecular weight is 411 g/mol. The van der Waals surface area contributed by atoms with Gasteiger partial charge in [-0.1, -0.05) is 40.2 Å². The summed E-state index contributed by atoms with van der Waals surface area (Å²) in [6.07, 6.45) is 1.62. The van der Waals surface area contributed by atoms with Gasteiger partial charge in [0.2, 0.25) is 0 Å². The molecule has 0 fully saturated rings. The number of halogens is 1. The van der Waals surface area contributed by atoms with E-state index in [0.29, 0.717) is 23.4 Å². The minimum atomic E-state index is -0.209. The van der Waals surface area contributed by atoms with E-state index in [2.05, 4.69) is 31.0 Å². The van der Waals surface area contributed by atoms with Crippen molar-refractivity contribution in [2.45, 2.75) is 6.54 Å². The van der Waals surface area contributed by atoms with E-state index in [-0.39, 0.29) is 5.56 Å². The van der Waals surface area contributed by atoms with Crippen LogP contribution < -0.4 is 10.3 Å². The van der Waals surface area contributed by atoms with E-state index < -0.39 is 0 Å². The maximum absolute atomic E-state index is 12.6. The molecule has 6 nitrogen and oxygen atoms in total. The Labute approximate surface area is 157 Å². The summed E-state index contributed by atoms with van der Waals surface area (Å²) >= 11 is 3.40. The lowest BCUT2D eigenvalue weighted by Crippen LogP contribution is -2.14. The Hall–Kier alpha value is -2.93. The molecule has 0 unspecified atom stereocenters. The van der Waals surface area contributed by atoms with Gasteiger partial charge < -0.3 is 9.72 Å². The van der Waals surface area contributed by atoms with Gasteiger partial charge in [0.05, 0.1) is 19.9 Å². The molecule has 0 aliphatic carbocycles. The van der Waals surface area contributed by atoms with Crippen LogP contribution in [0.4, 0.5) is 0 Å². The number of hydrogen-bond acceptors (Lipinski definition) is 4. The third-order valence-electron chi connectivity index (χ3n) is 4.11. The first-order valence-electron chi connectivity index (χ1n) is 7.99. The van der Waals surface area contributed by atoms with Crippen molar-refractivity contribution in [3.63, 3.8) is 0 Å². The van der Waals surface area contributed by atoms with Gasteiger partial charge in [-0.2, -0.15) is 5.10 Å². The largest absolute Gasteiger partial charge is 0.497 e. The SMILES string of the molecule is COc1ccc(Cn2ncc3nc(-c4ccc(Br)cc4)[nH]c(=O)c32)cc1. The molecule has 26 heavy (non-hydrogen) atoms. The van der Waals surface area contributed by atoms with Crippen LogP contribution in [-0.2, 0) is 6.54 Å². The van der Waals surface area contributed by atoms with Crippen LogP contribution in [0.15, 0.2) is 64.0 Å². The summed E-state index contributed by atoms with van der Waals surface area (Å²) in [5, 5.41) is 4.34. The van der Waals surface area contributed by atoms with Crippen molar-refractivity contribution in [3.8, 4) is 17.1 Å². The number of rotatable bonds is 4. The molecular weight excluding hydrogens is 396 g/mol. The highest BCUT2D eigenvalue weighted by Gasteiger charge is 2.12. The first kappa shape index (κ1) is 16.5. The van der Waals surface area contributed by atoms with Crippen LogP contribution in [0.1, 0.15) is 5.56 Å². The highest BCUT2D eigenvalue weighted by atomic mass is 79.9. The topological polar surface area (TPSA) is 72.8 Å². The number of benzene rings is 2. The minimum absolute atomic E-state index is 0.209. The maximum Gasteiger partial charge on any atom is 0.277 e. The molecule has 0 atom stereocenters. The van der Waals surface area contributed by atoms with E-state index in [1.807, 2.05) is 48.5 Å². The molecule has 130 valence electrons.